The predicted molar refractivity (Wildman–Crippen MR) is 481 cm³/mol. The van der Waals surface area contributed by atoms with Crippen molar-refractivity contribution in [2.75, 3.05) is 68.0 Å². The Balaban J connectivity index is 0.000000175. The highest BCUT2D eigenvalue weighted by molar-refractivity contribution is 5.87. The third-order valence-electron chi connectivity index (χ3n) is 22.4. The Morgan fingerprint density at radius 2 is 0.552 bits per heavy atom. The lowest BCUT2D eigenvalue weighted by Gasteiger charge is -2.22. The summed E-state index contributed by atoms with van der Waals surface area (Å²) in [6, 6.07) is 78.7. The zero-order valence-electron chi connectivity index (χ0n) is 71.2. The number of hydrogen-bond acceptors (Lipinski definition) is 18. The van der Waals surface area contributed by atoms with Gasteiger partial charge in [0.05, 0.1) is 39.0 Å². The molecule has 0 aromatic heterocycles. The van der Waals surface area contributed by atoms with Crippen LogP contribution < -0.4 is 32.1 Å². The van der Waals surface area contributed by atoms with Crippen LogP contribution in [0.5, 0.6) is 0 Å². The summed E-state index contributed by atoms with van der Waals surface area (Å²) >= 11 is 0. The number of carboxylic acids is 1. The Labute approximate surface area is 730 Å². The van der Waals surface area contributed by atoms with Crippen LogP contribution in [0.1, 0.15) is 159 Å². The largest absolute Gasteiger partial charge is 0.480 e. The Hall–Kier alpha value is -13.3. The minimum atomic E-state index is -1.06. The molecule has 0 aliphatic heterocycles. The molecule has 0 saturated heterocycles. The number of benzene rings is 10. The van der Waals surface area contributed by atoms with Crippen LogP contribution in [0.25, 0.3) is 55.6 Å². The van der Waals surface area contributed by atoms with Crippen molar-refractivity contribution in [3.05, 3.63) is 298 Å². The molecule has 5 atom stereocenters. The van der Waals surface area contributed by atoms with Crippen molar-refractivity contribution in [2.45, 2.75) is 134 Å². The van der Waals surface area contributed by atoms with Gasteiger partial charge >= 0.3 is 36.4 Å². The van der Waals surface area contributed by atoms with Gasteiger partial charge in [-0.3, -0.25) is 9.63 Å². The van der Waals surface area contributed by atoms with Crippen LogP contribution in [-0.4, -0.2) is 168 Å². The number of ether oxygens (including phenoxy) is 5. The third kappa shape index (κ3) is 24.1. The van der Waals surface area contributed by atoms with E-state index in [4.69, 9.17) is 38.7 Å². The predicted octanol–water partition coefficient (Wildman–Crippen LogP) is 17.4. The number of alkyl carbamates (subject to hydrolysis) is 5. The summed E-state index contributed by atoms with van der Waals surface area (Å²) in [4.78, 5) is 114. The fourth-order valence-electron chi connectivity index (χ4n) is 15.7. The maximum absolute atomic E-state index is 12.3. The molecule has 25 heteroatoms. The number of aliphatic hydroxyl groups excluding tert-OH is 1. The van der Waals surface area contributed by atoms with Gasteiger partial charge in [-0.15, -0.1) is 0 Å². The first-order valence-corrected chi connectivity index (χ1v) is 41.7. The molecule has 25 nitrogen and oxygen atoms in total. The van der Waals surface area contributed by atoms with E-state index in [1.807, 2.05) is 161 Å². The zero-order chi connectivity index (χ0) is 88.6. The van der Waals surface area contributed by atoms with Gasteiger partial charge in [-0.25, -0.2) is 39.3 Å². The van der Waals surface area contributed by atoms with Gasteiger partial charge in [-0.2, -0.15) is 0 Å². The number of aldehydes is 2. The number of aliphatic carboxylic acids is 1. The van der Waals surface area contributed by atoms with Crippen LogP contribution in [0.4, 0.5) is 24.0 Å². The summed E-state index contributed by atoms with van der Waals surface area (Å²) in [5.41, 5.74) is 25.9. The molecule has 656 valence electrons. The van der Waals surface area contributed by atoms with Crippen LogP contribution >= 0.6 is 0 Å². The number of amides is 6. The van der Waals surface area contributed by atoms with Crippen molar-refractivity contribution in [2.24, 2.45) is 0 Å². The summed E-state index contributed by atoms with van der Waals surface area (Å²) < 4.78 is 26.9. The number of carbonyl (C=O) groups excluding carboxylic acids is 8. The van der Waals surface area contributed by atoms with E-state index >= 15 is 0 Å². The monoisotopic (exact) mass is 1700 g/mol. The van der Waals surface area contributed by atoms with Gasteiger partial charge in [0.2, 0.25) is 0 Å². The Kier molecular flexibility index (Phi) is 36.6. The Bertz CT molecular complexity index is 4930. The number of hydrogen-bond donors (Lipinski definition) is 8. The van der Waals surface area contributed by atoms with Gasteiger partial charge in [0, 0.05) is 43.7 Å². The molecule has 0 radical (unpaired) electrons. The maximum atomic E-state index is 12.3. The highest BCUT2D eigenvalue weighted by Crippen LogP contribution is 2.49. The van der Waals surface area contributed by atoms with E-state index in [0.29, 0.717) is 38.7 Å². The lowest BCUT2D eigenvalue weighted by atomic mass is 9.98. The molecule has 6 amide bonds. The van der Waals surface area contributed by atoms with Gasteiger partial charge in [0.15, 0.2) is 0 Å². The molecule has 125 heavy (non-hydrogen) atoms. The van der Waals surface area contributed by atoms with Crippen molar-refractivity contribution in [3.63, 3.8) is 0 Å². The second-order valence-electron chi connectivity index (χ2n) is 29.6. The minimum absolute atomic E-state index is 0. The number of aliphatic hydroxyl groups is 1. The number of likely N-dealkylation sites (N-methyl/N-ethyl adjacent to an activating group) is 1. The quantitative estimate of drug-likeness (QED) is 0.0135. The molecule has 0 spiro atoms. The van der Waals surface area contributed by atoms with E-state index in [1.54, 1.807) is 21.1 Å². The number of carboxylic acid groups (broad SMARTS) is 1. The molecule has 0 bridgehead atoms. The van der Waals surface area contributed by atoms with E-state index in [0.717, 1.165) is 51.0 Å². The zero-order valence-corrected chi connectivity index (χ0v) is 71.2. The van der Waals surface area contributed by atoms with Crippen molar-refractivity contribution in [1.29, 1.82) is 0 Å². The first-order chi connectivity index (χ1) is 60.3. The second-order valence-corrected chi connectivity index (χ2v) is 29.6. The maximum Gasteiger partial charge on any atom is 0.407 e. The molecule has 10 aromatic carbocycles. The SMILES string of the molecule is C.CCC(C=O)NC(=O)OCC1c2ccccc2-c2ccccc21.CCC(C=O)NC(=O)OCC1c2ccccc2-c2ccccc21.CCC(CO)NC(=O)OCC1c2ccccc2-c2ccccc21.CCC(NC(=O)OCC1c2ccccc2-c2ccccc21)C(=O)N(C)OC.CCC(NC(=O)OCC1c2ccccc2-c2ccccc21)C(=O)O.CNOC. The molecule has 10 aromatic rings. The first kappa shape index (κ1) is 95.5. The fourth-order valence-corrected chi connectivity index (χ4v) is 15.7. The van der Waals surface area contributed by atoms with E-state index in [9.17, 15) is 43.2 Å². The normalized spacial score (nSPS) is 13.4. The van der Waals surface area contributed by atoms with Crippen molar-refractivity contribution in [3.8, 4) is 55.6 Å². The summed E-state index contributed by atoms with van der Waals surface area (Å²) in [5.74, 6) is -1.32. The summed E-state index contributed by atoms with van der Waals surface area (Å²) in [6.45, 7) is 10.2. The molecular formula is C100H113N7O18. The van der Waals surface area contributed by atoms with Gasteiger partial charge in [0.1, 0.15) is 57.7 Å². The van der Waals surface area contributed by atoms with E-state index in [1.165, 1.54) is 92.0 Å². The molecular weight excluding hydrogens is 1590 g/mol. The van der Waals surface area contributed by atoms with Crippen molar-refractivity contribution in [1.82, 2.24) is 37.1 Å². The van der Waals surface area contributed by atoms with E-state index in [-0.39, 0.29) is 82.0 Å². The fraction of sp³-hybridized carbons (Fsp3) is 0.310. The topological polar surface area (TPSA) is 334 Å². The van der Waals surface area contributed by atoms with Crippen LogP contribution in [0.2, 0.25) is 0 Å². The number of nitrogens with one attached hydrogen (secondary N) is 6. The second kappa shape index (κ2) is 47.9. The molecule has 0 saturated carbocycles. The number of nitrogens with zero attached hydrogens (tertiary/aromatic N) is 1. The smallest absolute Gasteiger partial charge is 0.407 e. The summed E-state index contributed by atoms with van der Waals surface area (Å²) in [7, 11) is 6.18. The highest BCUT2D eigenvalue weighted by atomic mass is 16.7. The minimum Gasteiger partial charge on any atom is -0.480 e. The molecule has 0 heterocycles. The van der Waals surface area contributed by atoms with Crippen LogP contribution in [0, 0.1) is 0 Å². The molecule has 5 unspecified atom stereocenters. The molecule has 5 aliphatic carbocycles. The van der Waals surface area contributed by atoms with Crippen LogP contribution in [0.15, 0.2) is 243 Å². The van der Waals surface area contributed by atoms with Gasteiger partial charge in [-0.1, -0.05) is 285 Å². The lowest BCUT2D eigenvalue weighted by molar-refractivity contribution is -0.171. The van der Waals surface area contributed by atoms with Gasteiger partial charge < -0.3 is 74.9 Å². The third-order valence-corrected chi connectivity index (χ3v) is 22.4. The number of rotatable bonds is 27. The number of hydroxylamine groups is 3. The Morgan fingerprint density at radius 3 is 0.728 bits per heavy atom. The van der Waals surface area contributed by atoms with Gasteiger partial charge in [0.25, 0.3) is 5.91 Å². The van der Waals surface area contributed by atoms with Crippen molar-refractivity contribution < 1.29 is 86.7 Å². The van der Waals surface area contributed by atoms with E-state index in [2.05, 4.69) is 146 Å². The standard InChI is InChI=1S/C21H24N2O4.C19H19NO4.C19H21NO3.2C19H19NO3.C2H7NO.CH4/c1-4-19(20(24)23(2)26-3)22-21(25)27-13-18-16-11-7-5-9-14(16)15-10-6-8-12-17(15)18;1-2-17(18(21)22)20-19(23)24-11-16-14-9-5-3-7-12(14)13-8-4-6-10-15(13)16;3*1-2-13(11-21)20-19(22)23-12-18-16-9-5-3-7-14(16)15-8-4-6-10-17(15)18;1-3-4-2;/h5-12,18-19H,4,13H2,1-3H3,(H,22,25);3-10,16-17H,2,11H2,1H3,(H,20,23)(H,21,22);3-10,13,18,21H,2,11-12H2,1H3,(H,20,22);2*3-11,13,18H,2,12H2,1H3,(H,20,22);3H,1-2H3;1H4. The van der Waals surface area contributed by atoms with Crippen LogP contribution in [-0.2, 0) is 52.5 Å². The lowest BCUT2D eigenvalue weighted by Crippen LogP contribution is -2.47. The Morgan fingerprint density at radius 1 is 0.344 bits per heavy atom. The average molecular weight is 1700 g/mol. The van der Waals surface area contributed by atoms with Gasteiger partial charge in [-0.05, 0) is 143 Å². The average Bonchev–Trinajstić information content (AvgIpc) is 1.65. The van der Waals surface area contributed by atoms with Crippen molar-refractivity contribution >= 4 is 54.9 Å². The summed E-state index contributed by atoms with van der Waals surface area (Å²) in [6.07, 6.45) is 1.07. The number of fused-ring (bicyclic) bond motifs is 15. The molecule has 0 fully saturated rings. The molecule has 15 rings (SSSR count). The van der Waals surface area contributed by atoms with E-state index < -0.39 is 60.6 Å². The number of carbonyl (C=O) groups is 9. The molecule has 8 N–H and O–H groups in total. The van der Waals surface area contributed by atoms with Crippen LogP contribution in [0.3, 0.4) is 0 Å². The highest BCUT2D eigenvalue weighted by Gasteiger charge is 2.36. The summed E-state index contributed by atoms with van der Waals surface area (Å²) in [5, 5.41) is 32.0. The first-order valence-electron chi connectivity index (χ1n) is 41.7. The molecule has 5 aliphatic rings.